The molecule has 0 aliphatic carbocycles. The van der Waals surface area contributed by atoms with E-state index in [0.717, 1.165) is 49.8 Å². The van der Waals surface area contributed by atoms with Gasteiger partial charge in [-0.1, -0.05) is 59.7 Å². The second-order valence-corrected chi connectivity index (χ2v) is 26.0. The summed E-state index contributed by atoms with van der Waals surface area (Å²) in [6.07, 6.45) is 12.3. The molecule has 6 atom stereocenters. The normalized spacial score (nSPS) is 13.0. The number of ether oxygens (including phenoxy) is 4. The molecule has 0 aliphatic rings. The zero-order valence-electron chi connectivity index (χ0n) is 58.6. The van der Waals surface area contributed by atoms with Gasteiger partial charge in [-0.2, -0.15) is 5.26 Å². The standard InChI is InChI=1S/C25H32N4O5.C24H31N5O4.C24H29N5O3/c1-15(2)9-16(10-22(30)20-12-18-19(27-20)7-6-8-23(18)33-4)24(31)28-21(25(32)34-5)11-17-13-26-14-29(17)3;1-14(2)8-15(24(32)28-20(23(25)31)10-16-12-26-13-29(16)3)9-21(30)19-11-17-18(27-19)6-5-7-22(17)33-4;1-15(2)8-16(24(31)27-17(12-25)10-18-13-26-14-29(18)3)9-22(30)21-11-19-20(28-21)6-5-7-23(19)32-4/h6-8,12-16,21,27H,9-11H2,1-5H3,(H,28,31);5-7,11-15,20,27H,8-10H2,1-4H3,(H2,25,31)(H,28,32);5-7,11,13-17,28H,8-10H2,1-4H3,(H,27,31)/t16-,21+;15-,20+;16-,17+/m111/s1. The average Bonchev–Trinajstić information content (AvgIpc) is 1.68. The molecule has 0 bridgehead atoms. The van der Waals surface area contributed by atoms with Gasteiger partial charge in [-0.25, -0.2) is 19.7 Å². The van der Waals surface area contributed by atoms with E-state index in [4.69, 9.17) is 24.7 Å². The third kappa shape index (κ3) is 20.6. The Hall–Kier alpha value is -10.8. The van der Waals surface area contributed by atoms with Crippen LogP contribution in [0.1, 0.15) is 129 Å². The fourth-order valence-electron chi connectivity index (χ4n) is 11.9. The molecule has 526 valence electrons. The predicted octanol–water partition coefficient (Wildman–Crippen LogP) is 8.80. The quantitative estimate of drug-likeness (QED) is 0.0153. The first-order chi connectivity index (χ1) is 47.2. The van der Waals surface area contributed by atoms with Crippen LogP contribution in [0.4, 0.5) is 0 Å². The Labute approximate surface area is 575 Å². The number of amides is 4. The highest BCUT2D eigenvalue weighted by molar-refractivity contribution is 6.05. The molecule has 8 N–H and O–H groups in total. The molecule has 0 spiro atoms. The Balaban J connectivity index is 0.000000209. The molecule has 0 aliphatic heterocycles. The van der Waals surface area contributed by atoms with Crippen molar-refractivity contribution in [1.29, 1.82) is 5.26 Å². The number of nitriles is 1. The summed E-state index contributed by atoms with van der Waals surface area (Å²) in [6, 6.07) is 21.6. The third-order valence-electron chi connectivity index (χ3n) is 17.0. The van der Waals surface area contributed by atoms with Crippen LogP contribution in [0, 0.1) is 46.8 Å². The number of fused-ring (bicyclic) bond motifs is 3. The largest absolute Gasteiger partial charge is 0.496 e. The molecule has 6 aromatic heterocycles. The molecule has 6 heterocycles. The lowest BCUT2D eigenvalue weighted by molar-refractivity contribution is -0.145. The summed E-state index contributed by atoms with van der Waals surface area (Å²) in [6.45, 7) is 12.0. The van der Waals surface area contributed by atoms with Crippen molar-refractivity contribution in [3.8, 4) is 23.3 Å². The number of esters is 1. The van der Waals surface area contributed by atoms with Crippen molar-refractivity contribution in [2.24, 2.45) is 62.4 Å². The smallest absolute Gasteiger partial charge is 0.328 e. The first-order valence-corrected chi connectivity index (χ1v) is 32.8. The molecule has 9 aromatic rings. The molecule has 26 nitrogen and oxygen atoms in total. The lowest BCUT2D eigenvalue weighted by Gasteiger charge is -2.22. The van der Waals surface area contributed by atoms with E-state index >= 15 is 0 Å². The van der Waals surface area contributed by atoms with Gasteiger partial charge in [0.1, 0.15) is 35.4 Å². The zero-order chi connectivity index (χ0) is 72.2. The number of nitrogens with one attached hydrogen (secondary N) is 6. The Kier molecular flexibility index (Phi) is 27.0. The average molecular weight is 1360 g/mol. The van der Waals surface area contributed by atoms with Crippen LogP contribution in [0.15, 0.2) is 110 Å². The minimum atomic E-state index is -0.894. The molecule has 26 heteroatoms. The summed E-state index contributed by atoms with van der Waals surface area (Å²) >= 11 is 0. The van der Waals surface area contributed by atoms with E-state index in [1.165, 1.54) is 7.11 Å². The summed E-state index contributed by atoms with van der Waals surface area (Å²) in [5.41, 5.74) is 11.6. The fraction of sp³-hybridized carbons (Fsp3) is 0.425. The number of nitrogens with zero attached hydrogens (tertiary/aromatic N) is 7. The number of primary amides is 1. The topological polar surface area (TPSA) is 360 Å². The van der Waals surface area contributed by atoms with Crippen LogP contribution in [0.3, 0.4) is 0 Å². The highest BCUT2D eigenvalue weighted by Crippen LogP contribution is 2.31. The third-order valence-corrected chi connectivity index (χ3v) is 17.0. The monoisotopic (exact) mass is 1360 g/mol. The van der Waals surface area contributed by atoms with Crippen LogP contribution in [0.25, 0.3) is 32.7 Å². The molecular formula is C73H92N14O12. The van der Waals surface area contributed by atoms with Crippen LogP contribution in [0.5, 0.6) is 17.2 Å². The lowest BCUT2D eigenvalue weighted by atomic mass is 9.90. The van der Waals surface area contributed by atoms with Gasteiger partial charge in [-0.05, 0) is 91.6 Å². The Morgan fingerprint density at radius 1 is 0.495 bits per heavy atom. The number of hydrogen-bond donors (Lipinski definition) is 7. The Bertz CT molecular complexity index is 4310. The van der Waals surface area contributed by atoms with Crippen LogP contribution in [0.2, 0.25) is 0 Å². The number of carbonyl (C=O) groups excluding carboxylic acids is 8. The number of benzene rings is 3. The maximum absolute atomic E-state index is 13.2. The SMILES string of the molecule is COC(=O)[C@H](Cc1cncn1C)NC(=O)[C@@H](CC(=O)c1cc2c(OC)cccc2[nH]1)CC(C)C.COc1cccc2[nH]c(C(=O)C[C@@H](CC(C)C)C(=O)N[C@@H](Cc3cncn3C)C(N)=O)cc12.COc1cccc2[nH]c(C(=O)C[C@@H](CC(C)C)C(=O)N[C@H](C#N)Cc3cncn3C)cc12. The fourth-order valence-corrected chi connectivity index (χ4v) is 11.9. The van der Waals surface area contributed by atoms with Crippen molar-refractivity contribution in [1.82, 2.24) is 59.6 Å². The van der Waals surface area contributed by atoms with Crippen molar-refractivity contribution in [2.75, 3.05) is 28.4 Å². The Morgan fingerprint density at radius 3 is 1.11 bits per heavy atom. The van der Waals surface area contributed by atoms with Gasteiger partial charge in [-0.15, -0.1) is 0 Å². The van der Waals surface area contributed by atoms with Crippen LogP contribution >= 0.6 is 0 Å². The van der Waals surface area contributed by atoms with Crippen LogP contribution < -0.4 is 35.9 Å². The minimum absolute atomic E-state index is 0.0103. The highest BCUT2D eigenvalue weighted by atomic mass is 16.5. The van der Waals surface area contributed by atoms with Crippen molar-refractivity contribution in [2.45, 2.75) is 117 Å². The Morgan fingerprint density at radius 2 is 0.818 bits per heavy atom. The van der Waals surface area contributed by atoms with E-state index in [9.17, 15) is 43.6 Å². The lowest BCUT2D eigenvalue weighted by Crippen LogP contribution is -2.48. The van der Waals surface area contributed by atoms with E-state index in [0.29, 0.717) is 60.0 Å². The van der Waals surface area contributed by atoms with Crippen molar-refractivity contribution >= 4 is 79.7 Å². The molecule has 0 fully saturated rings. The van der Waals surface area contributed by atoms with Gasteiger partial charge in [0.05, 0.1) is 70.6 Å². The summed E-state index contributed by atoms with van der Waals surface area (Å²) in [5.74, 6) is -1.83. The number of H-pyrrole nitrogens is 3. The highest BCUT2D eigenvalue weighted by Gasteiger charge is 2.32. The predicted molar refractivity (Wildman–Crippen MR) is 374 cm³/mol. The van der Waals surface area contributed by atoms with Gasteiger partial charge in [-0.3, -0.25) is 33.6 Å². The molecule has 3 aromatic carbocycles. The number of aromatic nitrogens is 9. The van der Waals surface area contributed by atoms with E-state index in [-0.39, 0.29) is 84.9 Å². The van der Waals surface area contributed by atoms with Crippen molar-refractivity contribution in [3.05, 3.63) is 145 Å². The number of nitrogens with two attached hydrogens (primary N) is 1. The van der Waals surface area contributed by atoms with E-state index in [1.807, 2.05) is 115 Å². The van der Waals surface area contributed by atoms with Gasteiger partial charge in [0.15, 0.2) is 17.3 Å². The van der Waals surface area contributed by atoms with Crippen LogP contribution in [-0.2, 0) is 69.1 Å². The number of aromatic amines is 3. The molecule has 0 unspecified atom stereocenters. The maximum atomic E-state index is 13.2. The number of carbonyl (C=O) groups is 8. The van der Waals surface area contributed by atoms with Crippen molar-refractivity contribution < 1.29 is 57.3 Å². The maximum Gasteiger partial charge on any atom is 0.328 e. The van der Waals surface area contributed by atoms with Gasteiger partial charge in [0.25, 0.3) is 0 Å². The molecule has 0 saturated carbocycles. The van der Waals surface area contributed by atoms with Gasteiger partial charge >= 0.3 is 5.97 Å². The molecule has 99 heavy (non-hydrogen) atoms. The summed E-state index contributed by atoms with van der Waals surface area (Å²) in [5, 5.41) is 20.3. The van der Waals surface area contributed by atoms with Gasteiger partial charge in [0.2, 0.25) is 23.6 Å². The van der Waals surface area contributed by atoms with Gasteiger partial charge in [0, 0.05) is 146 Å². The number of Topliss-reactive ketones (excluding diaryl/α,β-unsaturated/α-hetero) is 3. The number of ketones is 3. The molecule has 4 amide bonds. The van der Waals surface area contributed by atoms with Gasteiger partial charge < -0.3 is 69.3 Å². The molecular weight excluding hydrogens is 1260 g/mol. The number of hydrogen-bond acceptors (Lipinski definition) is 16. The van der Waals surface area contributed by atoms with Crippen LogP contribution in [-0.4, -0.2) is 137 Å². The molecule has 0 saturated heterocycles. The number of rotatable bonds is 32. The van der Waals surface area contributed by atoms with E-state index in [1.54, 1.807) is 93.3 Å². The first kappa shape index (κ1) is 75.5. The number of imidazole rings is 3. The summed E-state index contributed by atoms with van der Waals surface area (Å²) in [4.78, 5) is 125. The summed E-state index contributed by atoms with van der Waals surface area (Å²) < 4.78 is 26.4. The second kappa shape index (κ2) is 35.4. The molecule has 9 rings (SSSR count). The first-order valence-electron chi connectivity index (χ1n) is 32.8. The minimum Gasteiger partial charge on any atom is -0.496 e. The summed E-state index contributed by atoms with van der Waals surface area (Å²) in [7, 11) is 11.5. The zero-order valence-corrected chi connectivity index (χ0v) is 58.6. The molecule has 0 radical (unpaired) electrons. The van der Waals surface area contributed by atoms with Crippen molar-refractivity contribution in [3.63, 3.8) is 0 Å². The van der Waals surface area contributed by atoms with E-state index in [2.05, 4.69) is 51.9 Å². The van der Waals surface area contributed by atoms with E-state index < -0.39 is 47.8 Å². The number of methoxy groups -OCH3 is 4. The number of aryl methyl sites for hydroxylation is 3. The second-order valence-electron chi connectivity index (χ2n) is 26.0.